The van der Waals surface area contributed by atoms with Crippen LogP contribution >= 0.6 is 23.4 Å². The topological polar surface area (TPSA) is 75.3 Å². The van der Waals surface area contributed by atoms with Crippen molar-refractivity contribution >= 4 is 46.6 Å². The Kier molecular flexibility index (Phi) is 7.88. The molecule has 5 nitrogen and oxygen atoms in total. The van der Waals surface area contributed by atoms with Gasteiger partial charge >= 0.3 is 0 Å². The summed E-state index contributed by atoms with van der Waals surface area (Å²) in [6, 6.07) is 12.7. The standard InChI is InChI=1S/C20H21ClN2O3S/c1-13(24)14-6-5-7-15(12-14)22-20(26)18(10-11-27-2)23-19(25)16-8-3-4-9-17(16)21/h3-9,12,18H,10-11H2,1-2H3,(H,22,26)(H,23,25)/t18-/m0/s1. The molecule has 1 atom stereocenters. The minimum Gasteiger partial charge on any atom is -0.340 e. The predicted octanol–water partition coefficient (Wildman–Crippen LogP) is 4.03. The number of carbonyl (C=O) groups is 3. The van der Waals surface area contributed by atoms with Crippen LogP contribution in [0.25, 0.3) is 0 Å². The second-order valence-electron chi connectivity index (χ2n) is 5.91. The molecular formula is C20H21ClN2O3S. The highest BCUT2D eigenvalue weighted by Gasteiger charge is 2.22. The molecule has 0 spiro atoms. The van der Waals surface area contributed by atoms with E-state index >= 15 is 0 Å². The highest BCUT2D eigenvalue weighted by molar-refractivity contribution is 7.98. The van der Waals surface area contributed by atoms with Crippen molar-refractivity contribution in [3.63, 3.8) is 0 Å². The molecule has 7 heteroatoms. The number of amides is 2. The highest BCUT2D eigenvalue weighted by atomic mass is 35.5. The molecule has 2 amide bonds. The summed E-state index contributed by atoms with van der Waals surface area (Å²) in [5.41, 5.74) is 1.34. The van der Waals surface area contributed by atoms with E-state index in [1.54, 1.807) is 60.3 Å². The van der Waals surface area contributed by atoms with Crippen molar-refractivity contribution in [1.82, 2.24) is 5.32 Å². The van der Waals surface area contributed by atoms with Crippen LogP contribution in [0.1, 0.15) is 34.1 Å². The number of thioether (sulfide) groups is 1. The maximum atomic E-state index is 12.7. The largest absolute Gasteiger partial charge is 0.340 e. The maximum Gasteiger partial charge on any atom is 0.253 e. The molecule has 0 saturated heterocycles. The van der Waals surface area contributed by atoms with E-state index in [1.165, 1.54) is 6.92 Å². The zero-order chi connectivity index (χ0) is 19.8. The molecule has 2 aromatic rings. The molecule has 2 aromatic carbocycles. The van der Waals surface area contributed by atoms with Crippen molar-refractivity contribution in [3.05, 3.63) is 64.7 Å². The van der Waals surface area contributed by atoms with Crippen LogP contribution in [0.5, 0.6) is 0 Å². The van der Waals surface area contributed by atoms with Crippen LogP contribution in [0.15, 0.2) is 48.5 Å². The van der Waals surface area contributed by atoms with Crippen molar-refractivity contribution in [2.75, 3.05) is 17.3 Å². The van der Waals surface area contributed by atoms with Gasteiger partial charge in [0.25, 0.3) is 5.91 Å². The lowest BCUT2D eigenvalue weighted by molar-refractivity contribution is -0.118. The van der Waals surface area contributed by atoms with Gasteiger partial charge in [0.15, 0.2) is 5.78 Å². The number of carbonyl (C=O) groups excluding carboxylic acids is 3. The molecule has 27 heavy (non-hydrogen) atoms. The number of ketones is 1. The molecule has 0 aromatic heterocycles. The van der Waals surface area contributed by atoms with Gasteiger partial charge < -0.3 is 10.6 Å². The Balaban J connectivity index is 2.13. The zero-order valence-corrected chi connectivity index (χ0v) is 16.7. The van der Waals surface area contributed by atoms with Crippen LogP contribution in [-0.2, 0) is 4.79 Å². The summed E-state index contributed by atoms with van der Waals surface area (Å²) in [5, 5.41) is 5.85. The fourth-order valence-electron chi connectivity index (χ4n) is 2.43. The minimum atomic E-state index is -0.720. The number of hydrogen-bond donors (Lipinski definition) is 2. The predicted molar refractivity (Wildman–Crippen MR) is 111 cm³/mol. The van der Waals surface area contributed by atoms with Crippen LogP contribution < -0.4 is 10.6 Å². The molecule has 142 valence electrons. The number of halogens is 1. The Morgan fingerprint density at radius 3 is 2.52 bits per heavy atom. The molecule has 0 aliphatic carbocycles. The lowest BCUT2D eigenvalue weighted by atomic mass is 10.1. The summed E-state index contributed by atoms with van der Waals surface area (Å²) >= 11 is 7.65. The SMILES string of the molecule is CSCC[C@H](NC(=O)c1ccccc1Cl)C(=O)Nc1cccc(C(C)=O)c1. The number of anilines is 1. The van der Waals surface area contributed by atoms with Crippen LogP contribution in [-0.4, -0.2) is 35.6 Å². The molecular weight excluding hydrogens is 384 g/mol. The first kappa shape index (κ1) is 21.0. The van der Waals surface area contributed by atoms with E-state index in [0.29, 0.717) is 34.0 Å². The molecule has 0 aliphatic heterocycles. The second kappa shape index (κ2) is 10.1. The van der Waals surface area contributed by atoms with Gasteiger partial charge in [0, 0.05) is 11.3 Å². The number of hydrogen-bond acceptors (Lipinski definition) is 4. The van der Waals surface area contributed by atoms with E-state index in [-0.39, 0.29) is 11.7 Å². The van der Waals surface area contributed by atoms with Crippen LogP contribution in [0.2, 0.25) is 5.02 Å². The van der Waals surface area contributed by atoms with E-state index in [1.807, 2.05) is 6.26 Å². The van der Waals surface area contributed by atoms with Crippen molar-refractivity contribution < 1.29 is 14.4 Å². The Morgan fingerprint density at radius 2 is 1.85 bits per heavy atom. The molecule has 0 aliphatic rings. The first-order valence-corrected chi connectivity index (χ1v) is 10.2. The van der Waals surface area contributed by atoms with E-state index < -0.39 is 11.9 Å². The third kappa shape index (κ3) is 6.12. The van der Waals surface area contributed by atoms with Crippen molar-refractivity contribution in [2.45, 2.75) is 19.4 Å². The minimum absolute atomic E-state index is 0.0861. The van der Waals surface area contributed by atoms with Crippen LogP contribution in [0, 0.1) is 0 Å². The summed E-state index contributed by atoms with van der Waals surface area (Å²) in [6.07, 6.45) is 2.40. The molecule has 0 saturated carbocycles. The van der Waals surface area contributed by atoms with Crippen molar-refractivity contribution in [1.29, 1.82) is 0 Å². The van der Waals surface area contributed by atoms with Crippen LogP contribution in [0.4, 0.5) is 5.69 Å². The quantitative estimate of drug-likeness (QED) is 0.651. The maximum absolute atomic E-state index is 12.7. The van der Waals surface area contributed by atoms with E-state index in [9.17, 15) is 14.4 Å². The number of benzene rings is 2. The summed E-state index contributed by atoms with van der Waals surface area (Å²) in [7, 11) is 0. The Morgan fingerprint density at radius 1 is 1.11 bits per heavy atom. The molecule has 0 bridgehead atoms. The average molecular weight is 405 g/mol. The fraction of sp³-hybridized carbons (Fsp3) is 0.250. The van der Waals surface area contributed by atoms with Gasteiger partial charge in [-0.3, -0.25) is 14.4 Å². The molecule has 0 radical (unpaired) electrons. The first-order chi connectivity index (χ1) is 12.9. The number of nitrogens with one attached hydrogen (secondary N) is 2. The van der Waals surface area contributed by atoms with E-state index in [0.717, 1.165) is 0 Å². The zero-order valence-electron chi connectivity index (χ0n) is 15.1. The molecule has 0 unspecified atom stereocenters. The van der Waals surface area contributed by atoms with Gasteiger partial charge in [-0.2, -0.15) is 11.8 Å². The molecule has 0 heterocycles. The molecule has 2 N–H and O–H groups in total. The van der Waals surface area contributed by atoms with Gasteiger partial charge in [0.05, 0.1) is 10.6 Å². The molecule has 2 rings (SSSR count). The average Bonchev–Trinajstić information content (AvgIpc) is 2.65. The Hall–Kier alpha value is -2.31. The highest BCUT2D eigenvalue weighted by Crippen LogP contribution is 2.16. The van der Waals surface area contributed by atoms with Gasteiger partial charge in [-0.05, 0) is 49.6 Å². The molecule has 0 fully saturated rings. The second-order valence-corrected chi connectivity index (χ2v) is 7.31. The van der Waals surface area contributed by atoms with Crippen molar-refractivity contribution in [3.8, 4) is 0 Å². The summed E-state index contributed by atoms with van der Waals surface area (Å²) < 4.78 is 0. The van der Waals surface area contributed by atoms with Gasteiger partial charge in [-0.1, -0.05) is 35.9 Å². The third-order valence-corrected chi connectivity index (χ3v) is 4.86. The Labute approximate surface area is 167 Å². The van der Waals surface area contributed by atoms with Crippen molar-refractivity contribution in [2.24, 2.45) is 0 Å². The first-order valence-electron chi connectivity index (χ1n) is 8.38. The van der Waals surface area contributed by atoms with E-state index in [4.69, 9.17) is 11.6 Å². The normalized spacial score (nSPS) is 11.5. The summed E-state index contributed by atoms with van der Waals surface area (Å²) in [4.78, 5) is 36.7. The summed E-state index contributed by atoms with van der Waals surface area (Å²) in [5.74, 6) is -0.129. The lowest BCUT2D eigenvalue weighted by Gasteiger charge is -2.19. The number of rotatable bonds is 8. The lowest BCUT2D eigenvalue weighted by Crippen LogP contribution is -2.44. The monoisotopic (exact) mass is 404 g/mol. The number of Topliss-reactive ketones (excluding diaryl/α,β-unsaturated/α-hetero) is 1. The smallest absolute Gasteiger partial charge is 0.253 e. The van der Waals surface area contributed by atoms with Gasteiger partial charge in [-0.15, -0.1) is 0 Å². The van der Waals surface area contributed by atoms with Crippen LogP contribution in [0.3, 0.4) is 0 Å². The summed E-state index contributed by atoms with van der Waals surface area (Å²) in [6.45, 7) is 1.46. The van der Waals surface area contributed by atoms with Gasteiger partial charge in [0.2, 0.25) is 5.91 Å². The van der Waals surface area contributed by atoms with Gasteiger partial charge in [-0.25, -0.2) is 0 Å². The Bertz CT molecular complexity index is 841. The van der Waals surface area contributed by atoms with E-state index in [2.05, 4.69) is 10.6 Å². The third-order valence-electron chi connectivity index (χ3n) is 3.89. The van der Waals surface area contributed by atoms with Gasteiger partial charge in [0.1, 0.15) is 6.04 Å². The fourth-order valence-corrected chi connectivity index (χ4v) is 3.12.